The zero-order valence-electron chi connectivity index (χ0n) is 15.5. The van der Waals surface area contributed by atoms with E-state index in [2.05, 4.69) is 0 Å². The highest BCUT2D eigenvalue weighted by Crippen LogP contribution is 2.27. The van der Waals surface area contributed by atoms with E-state index in [1.165, 1.54) is 36.3 Å². The molecule has 0 spiro atoms. The molecule has 7 heteroatoms. The number of carbonyl (C=O) groups is 3. The lowest BCUT2D eigenvalue weighted by Crippen LogP contribution is -2.60. The summed E-state index contributed by atoms with van der Waals surface area (Å²) in [4.78, 5) is 41.0. The van der Waals surface area contributed by atoms with Crippen molar-refractivity contribution >= 4 is 17.8 Å². The minimum Gasteiger partial charge on any atom is -0.467 e. The molecule has 3 rings (SSSR count). The van der Waals surface area contributed by atoms with Gasteiger partial charge in [0.15, 0.2) is 0 Å². The van der Waals surface area contributed by atoms with E-state index in [1.54, 1.807) is 4.90 Å². The minimum atomic E-state index is -0.823. The van der Waals surface area contributed by atoms with Crippen molar-refractivity contribution in [3.63, 3.8) is 0 Å². The molecular formula is C20H25FN2O4. The summed E-state index contributed by atoms with van der Waals surface area (Å²) in [6.45, 7) is 0.637. The summed E-state index contributed by atoms with van der Waals surface area (Å²) in [5.74, 6) is -1.46. The Balaban J connectivity index is 1.75. The number of esters is 1. The van der Waals surface area contributed by atoms with Gasteiger partial charge in [0.2, 0.25) is 5.91 Å². The van der Waals surface area contributed by atoms with Crippen LogP contribution in [-0.2, 0) is 14.3 Å². The fraction of sp³-hybridized carbons (Fsp3) is 0.550. The molecule has 1 aliphatic heterocycles. The van der Waals surface area contributed by atoms with Gasteiger partial charge >= 0.3 is 5.97 Å². The monoisotopic (exact) mass is 376 g/mol. The third-order valence-electron chi connectivity index (χ3n) is 5.45. The Labute approximate surface area is 158 Å². The van der Waals surface area contributed by atoms with E-state index in [9.17, 15) is 18.8 Å². The second-order valence-electron chi connectivity index (χ2n) is 7.17. The van der Waals surface area contributed by atoms with Crippen molar-refractivity contribution in [1.29, 1.82) is 0 Å². The van der Waals surface area contributed by atoms with Crippen molar-refractivity contribution in [3.05, 3.63) is 35.6 Å². The molecule has 0 N–H and O–H groups in total. The van der Waals surface area contributed by atoms with Crippen LogP contribution >= 0.6 is 0 Å². The van der Waals surface area contributed by atoms with Crippen LogP contribution in [0.3, 0.4) is 0 Å². The Bertz CT molecular complexity index is 718. The Morgan fingerprint density at radius 2 is 1.85 bits per heavy atom. The lowest BCUT2D eigenvalue weighted by molar-refractivity contribution is -0.157. The Hall–Kier alpha value is -2.44. The Kier molecular flexibility index (Phi) is 6.08. The van der Waals surface area contributed by atoms with Gasteiger partial charge in [-0.15, -0.1) is 0 Å². The molecule has 2 amide bonds. The minimum absolute atomic E-state index is 0.0250. The highest BCUT2D eigenvalue weighted by molar-refractivity contribution is 5.95. The SMILES string of the molecule is COC(=O)[C@@H]1CN(C(=O)c2cccc(F)c2)CCN1C(=O)C1CCCCC1. The largest absolute Gasteiger partial charge is 0.467 e. The normalized spacial score (nSPS) is 21.0. The number of benzene rings is 1. The van der Waals surface area contributed by atoms with Crippen LogP contribution in [0.5, 0.6) is 0 Å². The standard InChI is InChI=1S/C20H25FN2O4/c1-27-20(26)17-13-22(18(24)15-8-5-9-16(21)12-15)10-11-23(17)19(25)14-6-3-2-4-7-14/h5,8-9,12,14,17H,2-4,6-7,10-11,13H2,1H3/t17-/m0/s1. The van der Waals surface area contributed by atoms with Gasteiger partial charge < -0.3 is 14.5 Å². The van der Waals surface area contributed by atoms with Crippen molar-refractivity contribution in [3.8, 4) is 0 Å². The van der Waals surface area contributed by atoms with E-state index in [0.717, 1.165) is 32.1 Å². The van der Waals surface area contributed by atoms with Gasteiger partial charge in [-0.1, -0.05) is 25.3 Å². The van der Waals surface area contributed by atoms with E-state index in [1.807, 2.05) is 0 Å². The van der Waals surface area contributed by atoms with E-state index in [4.69, 9.17) is 4.74 Å². The van der Waals surface area contributed by atoms with Crippen LogP contribution < -0.4 is 0 Å². The Morgan fingerprint density at radius 1 is 1.11 bits per heavy atom. The molecule has 0 bridgehead atoms. The number of hydrogen-bond acceptors (Lipinski definition) is 4. The smallest absolute Gasteiger partial charge is 0.330 e. The predicted octanol–water partition coefficient (Wildman–Crippen LogP) is 2.23. The molecular weight excluding hydrogens is 351 g/mol. The summed E-state index contributed by atoms with van der Waals surface area (Å²) in [5.41, 5.74) is 0.227. The molecule has 1 saturated heterocycles. The van der Waals surface area contributed by atoms with Crippen molar-refractivity contribution in [2.24, 2.45) is 5.92 Å². The van der Waals surface area contributed by atoms with E-state index in [-0.39, 0.29) is 36.4 Å². The number of nitrogens with zero attached hydrogens (tertiary/aromatic N) is 2. The number of hydrogen-bond donors (Lipinski definition) is 0. The van der Waals surface area contributed by atoms with Gasteiger partial charge in [-0.2, -0.15) is 0 Å². The topological polar surface area (TPSA) is 66.9 Å². The van der Waals surface area contributed by atoms with Crippen LogP contribution in [0.25, 0.3) is 0 Å². The first-order valence-electron chi connectivity index (χ1n) is 9.44. The maximum atomic E-state index is 13.4. The zero-order valence-corrected chi connectivity index (χ0v) is 15.5. The molecule has 1 aromatic rings. The highest BCUT2D eigenvalue weighted by atomic mass is 19.1. The second-order valence-corrected chi connectivity index (χ2v) is 7.17. The summed E-state index contributed by atoms with van der Waals surface area (Å²) in [6.07, 6.45) is 4.87. The molecule has 1 atom stereocenters. The van der Waals surface area contributed by atoms with Gasteiger partial charge in [0.05, 0.1) is 13.7 Å². The third-order valence-corrected chi connectivity index (χ3v) is 5.45. The fourth-order valence-electron chi connectivity index (χ4n) is 3.96. The third kappa shape index (κ3) is 4.28. The lowest BCUT2D eigenvalue weighted by Gasteiger charge is -2.41. The molecule has 0 radical (unpaired) electrons. The quantitative estimate of drug-likeness (QED) is 0.759. The van der Waals surface area contributed by atoms with Crippen LogP contribution in [0, 0.1) is 11.7 Å². The summed E-state index contributed by atoms with van der Waals surface area (Å²) in [6, 6.07) is 4.64. The van der Waals surface area contributed by atoms with E-state index in [0.29, 0.717) is 6.54 Å². The summed E-state index contributed by atoms with van der Waals surface area (Å²) >= 11 is 0. The van der Waals surface area contributed by atoms with Gasteiger partial charge in [0.1, 0.15) is 11.9 Å². The number of piperazine rings is 1. The molecule has 0 unspecified atom stereocenters. The molecule has 1 heterocycles. The maximum absolute atomic E-state index is 13.4. The van der Waals surface area contributed by atoms with Gasteiger partial charge in [-0.05, 0) is 31.0 Å². The van der Waals surface area contributed by atoms with Crippen LogP contribution in [-0.4, -0.2) is 60.4 Å². The van der Waals surface area contributed by atoms with E-state index >= 15 is 0 Å². The molecule has 2 aliphatic rings. The van der Waals surface area contributed by atoms with Crippen LogP contribution in [0.4, 0.5) is 4.39 Å². The van der Waals surface area contributed by atoms with Crippen molar-refractivity contribution in [1.82, 2.24) is 9.80 Å². The van der Waals surface area contributed by atoms with Gasteiger partial charge in [0, 0.05) is 24.6 Å². The first-order valence-corrected chi connectivity index (χ1v) is 9.44. The zero-order chi connectivity index (χ0) is 19.4. The van der Waals surface area contributed by atoms with Crippen molar-refractivity contribution < 1.29 is 23.5 Å². The maximum Gasteiger partial charge on any atom is 0.330 e. The number of methoxy groups -OCH3 is 1. The van der Waals surface area contributed by atoms with Crippen LogP contribution in [0.1, 0.15) is 42.5 Å². The molecule has 6 nitrogen and oxygen atoms in total. The molecule has 146 valence electrons. The number of carbonyl (C=O) groups excluding carboxylic acids is 3. The number of ether oxygens (including phenoxy) is 1. The number of amides is 2. The van der Waals surface area contributed by atoms with Crippen LogP contribution in [0.15, 0.2) is 24.3 Å². The van der Waals surface area contributed by atoms with E-state index < -0.39 is 17.8 Å². The molecule has 1 aliphatic carbocycles. The lowest BCUT2D eigenvalue weighted by atomic mass is 9.87. The van der Waals surface area contributed by atoms with Crippen molar-refractivity contribution in [2.75, 3.05) is 26.7 Å². The summed E-state index contributed by atoms with van der Waals surface area (Å²) in [7, 11) is 1.28. The molecule has 1 saturated carbocycles. The van der Waals surface area contributed by atoms with Gasteiger partial charge in [-0.25, -0.2) is 9.18 Å². The van der Waals surface area contributed by atoms with Gasteiger partial charge in [0.25, 0.3) is 5.91 Å². The highest BCUT2D eigenvalue weighted by Gasteiger charge is 2.40. The van der Waals surface area contributed by atoms with Gasteiger partial charge in [-0.3, -0.25) is 9.59 Å². The summed E-state index contributed by atoms with van der Waals surface area (Å²) in [5, 5.41) is 0. The Morgan fingerprint density at radius 3 is 2.52 bits per heavy atom. The molecule has 1 aromatic carbocycles. The average Bonchev–Trinajstić information content (AvgIpc) is 2.72. The first kappa shape index (κ1) is 19.3. The average molecular weight is 376 g/mol. The summed E-state index contributed by atoms with van der Waals surface area (Å²) < 4.78 is 18.3. The predicted molar refractivity (Wildman–Crippen MR) is 96.4 cm³/mol. The molecule has 2 fully saturated rings. The number of halogens is 1. The second kappa shape index (κ2) is 8.50. The fourth-order valence-corrected chi connectivity index (χ4v) is 3.96. The first-order chi connectivity index (χ1) is 13.0. The van der Waals surface area contributed by atoms with Crippen LogP contribution in [0.2, 0.25) is 0 Å². The van der Waals surface area contributed by atoms with Crippen molar-refractivity contribution in [2.45, 2.75) is 38.1 Å². The number of rotatable bonds is 3. The molecule has 27 heavy (non-hydrogen) atoms. The molecule has 0 aromatic heterocycles.